The van der Waals surface area contributed by atoms with Gasteiger partial charge in [0.2, 0.25) is 0 Å². The van der Waals surface area contributed by atoms with Gasteiger partial charge < -0.3 is 20.1 Å². The minimum absolute atomic E-state index is 0.371. The number of nitrogens with zero attached hydrogens (tertiary/aromatic N) is 4. The zero-order chi connectivity index (χ0) is 20.6. The van der Waals surface area contributed by atoms with Crippen molar-refractivity contribution >= 4 is 17.6 Å². The smallest absolute Gasteiger partial charge is 0.341 e. The van der Waals surface area contributed by atoms with Crippen LogP contribution in [0.5, 0.6) is 5.75 Å². The van der Waals surface area contributed by atoms with Gasteiger partial charge in [0.05, 0.1) is 27.3 Å². The lowest BCUT2D eigenvalue weighted by molar-refractivity contribution is 0.0597. The number of nitrogens with one attached hydrogen (secondary N) is 2. The number of guanidine groups is 1. The number of esters is 1. The van der Waals surface area contributed by atoms with Crippen LogP contribution in [-0.2, 0) is 17.8 Å². The summed E-state index contributed by atoms with van der Waals surface area (Å²) < 4.78 is 12.0. The van der Waals surface area contributed by atoms with Gasteiger partial charge in [0.1, 0.15) is 11.3 Å². The number of ether oxygens (including phenoxy) is 2. The highest BCUT2D eigenvalue weighted by molar-refractivity contribution is 5.92. The Morgan fingerprint density at radius 2 is 2.03 bits per heavy atom. The van der Waals surface area contributed by atoms with E-state index in [1.807, 2.05) is 41.8 Å². The Kier molecular flexibility index (Phi) is 6.62. The van der Waals surface area contributed by atoms with E-state index in [1.54, 1.807) is 12.1 Å². The molecule has 2 heterocycles. The summed E-state index contributed by atoms with van der Waals surface area (Å²) in [6.45, 7) is 3.55. The fourth-order valence-corrected chi connectivity index (χ4v) is 2.81. The third-order valence-corrected chi connectivity index (χ3v) is 4.23. The average Bonchev–Trinajstić information content (AvgIpc) is 3.18. The zero-order valence-corrected chi connectivity index (χ0v) is 16.7. The molecule has 0 fully saturated rings. The van der Waals surface area contributed by atoms with E-state index < -0.39 is 5.97 Å². The predicted octanol–water partition coefficient (Wildman–Crippen LogP) is 1.78. The zero-order valence-electron chi connectivity index (χ0n) is 16.7. The van der Waals surface area contributed by atoms with Crippen LogP contribution in [0.3, 0.4) is 0 Å². The number of rotatable bonds is 7. The lowest BCUT2D eigenvalue weighted by atomic mass is 10.1. The molecule has 152 valence electrons. The van der Waals surface area contributed by atoms with Crippen molar-refractivity contribution < 1.29 is 14.3 Å². The van der Waals surface area contributed by atoms with Gasteiger partial charge >= 0.3 is 5.97 Å². The van der Waals surface area contributed by atoms with Crippen LogP contribution in [-0.4, -0.2) is 47.3 Å². The van der Waals surface area contributed by atoms with Crippen LogP contribution in [0.2, 0.25) is 0 Å². The second-order valence-electron chi connectivity index (χ2n) is 6.12. The van der Waals surface area contributed by atoms with E-state index in [-0.39, 0.29) is 0 Å². The summed E-state index contributed by atoms with van der Waals surface area (Å²) in [7, 11) is 2.86. The molecule has 2 aromatic heterocycles. The number of hydrogen-bond acceptors (Lipinski definition) is 6. The highest BCUT2D eigenvalue weighted by Gasteiger charge is 2.13. The highest BCUT2D eigenvalue weighted by Crippen LogP contribution is 2.21. The number of methoxy groups -OCH3 is 2. The SMILES string of the molecule is CCNC(=NCc1ccc(OC)c(C(=O)OC)c1)NCc1nnc2ccccn12. The van der Waals surface area contributed by atoms with Crippen molar-refractivity contribution in [3.05, 3.63) is 59.5 Å². The number of carbonyl (C=O) groups is 1. The van der Waals surface area contributed by atoms with Crippen LogP contribution in [0.25, 0.3) is 5.65 Å². The molecule has 0 amide bonds. The van der Waals surface area contributed by atoms with Crippen LogP contribution in [0, 0.1) is 0 Å². The van der Waals surface area contributed by atoms with Crippen molar-refractivity contribution in [1.82, 2.24) is 25.2 Å². The maximum absolute atomic E-state index is 11.9. The van der Waals surface area contributed by atoms with E-state index in [2.05, 4.69) is 25.8 Å². The normalized spacial score (nSPS) is 11.3. The van der Waals surface area contributed by atoms with Gasteiger partial charge in [-0.25, -0.2) is 9.79 Å². The molecule has 0 spiro atoms. The summed E-state index contributed by atoms with van der Waals surface area (Å²) in [5.74, 6) is 1.43. The maximum atomic E-state index is 11.9. The third kappa shape index (κ3) is 4.81. The molecule has 0 aliphatic carbocycles. The number of fused-ring (bicyclic) bond motifs is 1. The molecule has 0 radical (unpaired) electrons. The number of hydrogen-bond donors (Lipinski definition) is 2. The first-order valence-electron chi connectivity index (χ1n) is 9.22. The molecule has 3 rings (SSSR count). The summed E-state index contributed by atoms with van der Waals surface area (Å²) in [4.78, 5) is 16.5. The van der Waals surface area contributed by atoms with Gasteiger partial charge in [-0.15, -0.1) is 10.2 Å². The lowest BCUT2D eigenvalue weighted by Gasteiger charge is -2.11. The molecule has 1 aromatic carbocycles. The van der Waals surface area contributed by atoms with E-state index in [9.17, 15) is 4.79 Å². The molecule has 29 heavy (non-hydrogen) atoms. The number of carbonyl (C=O) groups excluding carboxylic acids is 1. The van der Waals surface area contributed by atoms with Gasteiger partial charge in [-0.05, 0) is 36.8 Å². The topological polar surface area (TPSA) is 102 Å². The van der Waals surface area contributed by atoms with Crippen LogP contribution in [0.4, 0.5) is 0 Å². The van der Waals surface area contributed by atoms with Gasteiger partial charge in [0.25, 0.3) is 0 Å². The molecule has 0 saturated carbocycles. The van der Waals surface area contributed by atoms with Gasteiger partial charge in [-0.1, -0.05) is 12.1 Å². The van der Waals surface area contributed by atoms with Gasteiger partial charge in [0.15, 0.2) is 17.4 Å². The second kappa shape index (κ2) is 9.54. The molecule has 0 aliphatic heterocycles. The second-order valence-corrected chi connectivity index (χ2v) is 6.12. The summed E-state index contributed by atoms with van der Waals surface area (Å²) >= 11 is 0. The average molecular weight is 396 g/mol. The molecule has 0 unspecified atom stereocenters. The third-order valence-electron chi connectivity index (χ3n) is 4.23. The van der Waals surface area contributed by atoms with Gasteiger partial charge in [-0.2, -0.15) is 0 Å². The van der Waals surface area contributed by atoms with E-state index >= 15 is 0 Å². The quantitative estimate of drug-likeness (QED) is 0.356. The van der Waals surface area contributed by atoms with Crippen LogP contribution in [0.15, 0.2) is 47.6 Å². The Morgan fingerprint density at radius 1 is 1.17 bits per heavy atom. The Balaban J connectivity index is 1.73. The van der Waals surface area contributed by atoms with Crippen molar-refractivity contribution in [2.75, 3.05) is 20.8 Å². The Labute approximate surface area is 168 Å². The Hall–Kier alpha value is -3.62. The molecule has 0 saturated heterocycles. The molecule has 9 nitrogen and oxygen atoms in total. The van der Waals surface area contributed by atoms with Crippen molar-refractivity contribution in [2.24, 2.45) is 4.99 Å². The fraction of sp³-hybridized carbons (Fsp3) is 0.300. The molecule has 0 bridgehead atoms. The molecular formula is C20H24N6O3. The minimum Gasteiger partial charge on any atom is -0.496 e. The first-order chi connectivity index (χ1) is 14.2. The fourth-order valence-electron chi connectivity index (χ4n) is 2.81. The standard InChI is InChI=1S/C20H24N6O3/c1-4-21-20(23-13-18-25-24-17-7-5-6-10-26(17)18)22-12-14-8-9-16(28-2)15(11-14)19(27)29-3/h5-11H,4,12-13H2,1-3H3,(H2,21,22,23). The largest absolute Gasteiger partial charge is 0.496 e. The van der Waals surface area contributed by atoms with E-state index in [0.29, 0.717) is 36.9 Å². The Morgan fingerprint density at radius 3 is 2.79 bits per heavy atom. The lowest BCUT2D eigenvalue weighted by Crippen LogP contribution is -2.37. The molecular weight excluding hydrogens is 372 g/mol. The summed E-state index contributed by atoms with van der Waals surface area (Å²) in [6.07, 6.45) is 1.92. The predicted molar refractivity (Wildman–Crippen MR) is 109 cm³/mol. The van der Waals surface area contributed by atoms with Crippen LogP contribution >= 0.6 is 0 Å². The first-order valence-corrected chi connectivity index (χ1v) is 9.22. The van der Waals surface area contributed by atoms with Gasteiger partial charge in [-0.3, -0.25) is 4.40 Å². The summed E-state index contributed by atoms with van der Waals surface area (Å²) in [5, 5.41) is 14.8. The number of pyridine rings is 1. The van der Waals surface area contributed by atoms with Crippen molar-refractivity contribution in [1.29, 1.82) is 0 Å². The number of aromatic nitrogens is 3. The van der Waals surface area contributed by atoms with E-state index in [4.69, 9.17) is 9.47 Å². The molecule has 0 atom stereocenters. The minimum atomic E-state index is -0.448. The molecule has 9 heteroatoms. The Bertz CT molecular complexity index is 1010. The van der Waals surface area contributed by atoms with E-state index in [1.165, 1.54) is 14.2 Å². The molecule has 2 N–H and O–H groups in total. The maximum Gasteiger partial charge on any atom is 0.341 e. The number of aliphatic imine (C=N–C) groups is 1. The van der Waals surface area contributed by atoms with Crippen molar-refractivity contribution in [2.45, 2.75) is 20.0 Å². The van der Waals surface area contributed by atoms with E-state index in [0.717, 1.165) is 17.0 Å². The van der Waals surface area contributed by atoms with Gasteiger partial charge in [0, 0.05) is 12.7 Å². The van der Waals surface area contributed by atoms with Crippen LogP contribution in [0.1, 0.15) is 28.7 Å². The molecule has 0 aliphatic rings. The number of benzene rings is 1. The van der Waals surface area contributed by atoms with Crippen molar-refractivity contribution in [3.8, 4) is 5.75 Å². The molecule has 3 aromatic rings. The van der Waals surface area contributed by atoms with Crippen LogP contribution < -0.4 is 15.4 Å². The summed E-state index contributed by atoms with van der Waals surface area (Å²) in [5.41, 5.74) is 2.02. The van der Waals surface area contributed by atoms with Crippen molar-refractivity contribution in [3.63, 3.8) is 0 Å². The monoisotopic (exact) mass is 396 g/mol. The highest BCUT2D eigenvalue weighted by atomic mass is 16.5. The summed E-state index contributed by atoms with van der Waals surface area (Å²) in [6, 6.07) is 11.1. The first kappa shape index (κ1) is 20.1.